The van der Waals surface area contributed by atoms with Crippen LogP contribution in [0.4, 0.5) is 0 Å². The second-order valence-electron chi connectivity index (χ2n) is 5.38. The number of aromatic carboxylic acids is 1. The van der Waals surface area contributed by atoms with Crippen molar-refractivity contribution in [2.24, 2.45) is 0 Å². The van der Waals surface area contributed by atoms with Crippen LogP contribution in [0.1, 0.15) is 42.5 Å². The summed E-state index contributed by atoms with van der Waals surface area (Å²) in [6.45, 7) is 5.45. The molecule has 0 bridgehead atoms. The van der Waals surface area contributed by atoms with Crippen LogP contribution in [0.2, 0.25) is 0 Å². The normalized spacial score (nSPS) is 12.3. The fourth-order valence-electron chi connectivity index (χ4n) is 2.44. The highest BCUT2D eigenvalue weighted by molar-refractivity contribution is 5.91. The highest BCUT2D eigenvalue weighted by Gasteiger charge is 2.20. The SMILES string of the molecule is CCc1cc(CC)c2oc(C(=O)O)cc(=O)c2c1OCC(C)O. The Hall–Kier alpha value is -2.34. The largest absolute Gasteiger partial charge is 0.490 e. The second kappa shape index (κ2) is 6.83. The summed E-state index contributed by atoms with van der Waals surface area (Å²) in [6, 6.07) is 2.81. The van der Waals surface area contributed by atoms with Crippen LogP contribution < -0.4 is 10.2 Å². The second-order valence-corrected chi connectivity index (χ2v) is 5.38. The number of ether oxygens (including phenoxy) is 1. The fourth-order valence-corrected chi connectivity index (χ4v) is 2.44. The van der Waals surface area contributed by atoms with E-state index in [4.69, 9.17) is 14.3 Å². The highest BCUT2D eigenvalue weighted by Crippen LogP contribution is 2.32. The number of benzene rings is 1. The highest BCUT2D eigenvalue weighted by atomic mass is 16.5. The number of aliphatic hydroxyl groups excluding tert-OH is 1. The van der Waals surface area contributed by atoms with Gasteiger partial charge in [-0.05, 0) is 37.0 Å². The van der Waals surface area contributed by atoms with Crippen LogP contribution in [0, 0.1) is 0 Å². The molecular formula is C17H20O6. The van der Waals surface area contributed by atoms with Crippen molar-refractivity contribution in [2.45, 2.75) is 39.7 Å². The number of hydrogen-bond donors (Lipinski definition) is 2. The van der Waals surface area contributed by atoms with Gasteiger partial charge in [0.2, 0.25) is 5.76 Å². The molecule has 0 aliphatic carbocycles. The predicted molar refractivity (Wildman–Crippen MR) is 85.4 cm³/mol. The molecule has 1 heterocycles. The lowest BCUT2D eigenvalue weighted by Crippen LogP contribution is -2.16. The van der Waals surface area contributed by atoms with Gasteiger partial charge in [0, 0.05) is 6.07 Å². The Morgan fingerprint density at radius 3 is 2.43 bits per heavy atom. The molecule has 2 N–H and O–H groups in total. The molecule has 0 saturated carbocycles. The topological polar surface area (TPSA) is 97.0 Å². The number of hydrogen-bond acceptors (Lipinski definition) is 5. The summed E-state index contributed by atoms with van der Waals surface area (Å²) in [7, 11) is 0. The van der Waals surface area contributed by atoms with Crippen molar-refractivity contribution < 1.29 is 24.2 Å². The first-order valence-corrected chi connectivity index (χ1v) is 7.55. The van der Waals surface area contributed by atoms with Gasteiger partial charge in [-0.25, -0.2) is 4.79 Å². The number of aliphatic hydroxyl groups is 1. The van der Waals surface area contributed by atoms with Crippen LogP contribution in [0.3, 0.4) is 0 Å². The number of carboxylic acids is 1. The lowest BCUT2D eigenvalue weighted by atomic mass is 10.0. The molecule has 0 amide bonds. The quantitative estimate of drug-likeness (QED) is 0.848. The minimum absolute atomic E-state index is 0.0354. The molecule has 0 spiro atoms. The van der Waals surface area contributed by atoms with Crippen molar-refractivity contribution in [3.05, 3.63) is 39.2 Å². The molecule has 0 saturated heterocycles. The third-order valence-electron chi connectivity index (χ3n) is 3.55. The molecule has 0 fully saturated rings. The fraction of sp³-hybridized carbons (Fsp3) is 0.412. The first-order chi connectivity index (χ1) is 10.9. The molecule has 2 rings (SSSR count). The maximum absolute atomic E-state index is 12.4. The lowest BCUT2D eigenvalue weighted by molar-refractivity contribution is 0.0663. The van der Waals surface area contributed by atoms with E-state index in [0.29, 0.717) is 18.6 Å². The minimum atomic E-state index is -1.29. The summed E-state index contributed by atoms with van der Waals surface area (Å²) in [5, 5.41) is 18.7. The Bertz CT molecular complexity index is 788. The molecule has 0 aliphatic heterocycles. The van der Waals surface area contributed by atoms with Crippen molar-refractivity contribution in [1.82, 2.24) is 0 Å². The Balaban J connectivity index is 2.82. The first kappa shape index (κ1) is 17.0. The van der Waals surface area contributed by atoms with Crippen LogP contribution in [-0.2, 0) is 12.8 Å². The molecule has 1 aromatic carbocycles. The van der Waals surface area contributed by atoms with Gasteiger partial charge >= 0.3 is 5.97 Å². The van der Waals surface area contributed by atoms with E-state index in [-0.39, 0.29) is 17.6 Å². The third kappa shape index (κ3) is 3.37. The van der Waals surface area contributed by atoms with Crippen LogP contribution in [0.25, 0.3) is 11.0 Å². The van der Waals surface area contributed by atoms with Gasteiger partial charge in [-0.2, -0.15) is 0 Å². The zero-order valence-corrected chi connectivity index (χ0v) is 13.4. The molecule has 1 atom stereocenters. The van der Waals surface area contributed by atoms with Gasteiger partial charge < -0.3 is 19.4 Å². The van der Waals surface area contributed by atoms with E-state index in [1.807, 2.05) is 19.9 Å². The number of fused-ring (bicyclic) bond motifs is 1. The molecule has 6 heteroatoms. The van der Waals surface area contributed by atoms with Crippen molar-refractivity contribution in [3.8, 4) is 5.75 Å². The van der Waals surface area contributed by atoms with Crippen molar-refractivity contribution in [2.75, 3.05) is 6.61 Å². The van der Waals surface area contributed by atoms with E-state index in [9.17, 15) is 14.7 Å². The van der Waals surface area contributed by atoms with Crippen molar-refractivity contribution >= 4 is 16.9 Å². The van der Waals surface area contributed by atoms with Gasteiger partial charge in [0.05, 0.1) is 6.10 Å². The van der Waals surface area contributed by atoms with Gasteiger partial charge in [-0.3, -0.25) is 4.79 Å². The summed E-state index contributed by atoms with van der Waals surface area (Å²) in [6.07, 6.45) is 0.538. The van der Waals surface area contributed by atoms with Crippen LogP contribution in [-0.4, -0.2) is 28.9 Å². The summed E-state index contributed by atoms with van der Waals surface area (Å²) in [5.41, 5.74) is 1.34. The van der Waals surface area contributed by atoms with Crippen LogP contribution >= 0.6 is 0 Å². The van der Waals surface area contributed by atoms with Crippen LogP contribution in [0.5, 0.6) is 5.75 Å². The molecule has 0 aliphatic rings. The maximum Gasteiger partial charge on any atom is 0.371 e. The molecule has 0 radical (unpaired) electrons. The van der Waals surface area contributed by atoms with Gasteiger partial charge in [-0.15, -0.1) is 0 Å². The summed E-state index contributed by atoms with van der Waals surface area (Å²) >= 11 is 0. The Labute approximate surface area is 133 Å². The van der Waals surface area contributed by atoms with Crippen LogP contribution in [0.15, 0.2) is 21.3 Å². The van der Waals surface area contributed by atoms with E-state index in [1.165, 1.54) is 0 Å². The van der Waals surface area contributed by atoms with E-state index < -0.39 is 23.3 Å². The Morgan fingerprint density at radius 2 is 1.91 bits per heavy atom. The number of rotatable bonds is 6. The molecule has 1 aromatic heterocycles. The monoisotopic (exact) mass is 320 g/mol. The zero-order valence-electron chi connectivity index (χ0n) is 13.4. The van der Waals surface area contributed by atoms with Gasteiger partial charge in [0.15, 0.2) is 5.43 Å². The predicted octanol–water partition coefficient (Wildman–Crippen LogP) is 2.38. The minimum Gasteiger partial charge on any atom is -0.490 e. The summed E-state index contributed by atoms with van der Waals surface area (Å²) in [5.74, 6) is -1.34. The van der Waals surface area contributed by atoms with E-state index >= 15 is 0 Å². The van der Waals surface area contributed by atoms with Crippen molar-refractivity contribution in [1.29, 1.82) is 0 Å². The standard InChI is InChI=1S/C17H20O6/c1-4-10-6-11(5-2)16-14(15(10)22-8-9(3)18)12(19)7-13(23-16)17(20)21/h6-7,9,18H,4-5,8H2,1-3H3,(H,20,21). The molecule has 6 nitrogen and oxygen atoms in total. The molecule has 2 aromatic rings. The van der Waals surface area contributed by atoms with Gasteiger partial charge in [-0.1, -0.05) is 13.8 Å². The molecule has 23 heavy (non-hydrogen) atoms. The van der Waals surface area contributed by atoms with E-state index in [1.54, 1.807) is 6.92 Å². The number of carboxylic acid groups (broad SMARTS) is 1. The first-order valence-electron chi connectivity index (χ1n) is 7.55. The summed E-state index contributed by atoms with van der Waals surface area (Å²) in [4.78, 5) is 23.6. The third-order valence-corrected chi connectivity index (χ3v) is 3.55. The average Bonchev–Trinajstić information content (AvgIpc) is 2.51. The Kier molecular flexibility index (Phi) is 5.05. The molecule has 1 unspecified atom stereocenters. The Morgan fingerprint density at radius 1 is 1.26 bits per heavy atom. The van der Waals surface area contributed by atoms with Gasteiger partial charge in [0.25, 0.3) is 0 Å². The van der Waals surface area contributed by atoms with Gasteiger partial charge in [0.1, 0.15) is 23.3 Å². The molecular weight excluding hydrogens is 300 g/mol. The zero-order chi connectivity index (χ0) is 17.1. The van der Waals surface area contributed by atoms with E-state index in [0.717, 1.165) is 17.2 Å². The number of carbonyl (C=O) groups is 1. The molecule has 124 valence electrons. The van der Waals surface area contributed by atoms with Crippen molar-refractivity contribution in [3.63, 3.8) is 0 Å². The lowest BCUT2D eigenvalue weighted by Gasteiger charge is -2.16. The maximum atomic E-state index is 12.4. The smallest absolute Gasteiger partial charge is 0.371 e. The van der Waals surface area contributed by atoms with E-state index in [2.05, 4.69) is 0 Å². The average molecular weight is 320 g/mol. The number of aryl methyl sites for hydroxylation is 2. The summed E-state index contributed by atoms with van der Waals surface area (Å²) < 4.78 is 11.1.